The van der Waals surface area contributed by atoms with Gasteiger partial charge in [-0.25, -0.2) is 14.5 Å². The van der Waals surface area contributed by atoms with E-state index in [1.54, 1.807) is 18.0 Å². The van der Waals surface area contributed by atoms with Crippen LogP contribution in [-0.2, 0) is 0 Å². The standard InChI is InChI=1S/C25H16Cl2N4O2/c1-32-18-10-11-19-20(12-18)33-25-22(21(19)14-2-6-16(26)7-3-14)24-29-23(30-31(24)13-28-25)15-4-8-17(27)9-5-15/h2-13,21H,1H3. The lowest BCUT2D eigenvalue weighted by Gasteiger charge is -2.28. The number of hydrogen-bond acceptors (Lipinski definition) is 5. The van der Waals surface area contributed by atoms with Crippen molar-refractivity contribution in [2.45, 2.75) is 5.92 Å². The van der Waals surface area contributed by atoms with Gasteiger partial charge in [0.2, 0.25) is 5.88 Å². The average molecular weight is 475 g/mol. The lowest BCUT2D eigenvalue weighted by molar-refractivity contribution is 0.400. The van der Waals surface area contributed by atoms with Gasteiger partial charge in [-0.15, -0.1) is 5.10 Å². The van der Waals surface area contributed by atoms with Crippen molar-refractivity contribution >= 4 is 28.8 Å². The number of methoxy groups -OCH3 is 1. The van der Waals surface area contributed by atoms with Crippen molar-refractivity contribution in [3.05, 3.63) is 99.8 Å². The maximum Gasteiger partial charge on any atom is 0.228 e. The summed E-state index contributed by atoms with van der Waals surface area (Å²) in [6, 6.07) is 21.0. The van der Waals surface area contributed by atoms with Crippen LogP contribution >= 0.6 is 23.2 Å². The molecule has 2 aromatic heterocycles. The minimum absolute atomic E-state index is 0.176. The van der Waals surface area contributed by atoms with E-state index >= 15 is 0 Å². The van der Waals surface area contributed by atoms with Gasteiger partial charge >= 0.3 is 0 Å². The van der Waals surface area contributed by atoms with E-state index in [1.807, 2.05) is 66.7 Å². The second-order valence-corrected chi connectivity index (χ2v) is 8.54. The van der Waals surface area contributed by atoms with Gasteiger partial charge in [-0.1, -0.05) is 41.4 Å². The highest BCUT2D eigenvalue weighted by molar-refractivity contribution is 6.30. The lowest BCUT2D eigenvalue weighted by Crippen LogP contribution is -2.15. The Morgan fingerprint density at radius 1 is 0.939 bits per heavy atom. The molecule has 1 unspecified atom stereocenters. The number of fused-ring (bicyclic) bond motifs is 4. The van der Waals surface area contributed by atoms with Gasteiger partial charge in [0.15, 0.2) is 11.5 Å². The molecule has 0 saturated heterocycles. The molecule has 0 spiro atoms. The van der Waals surface area contributed by atoms with Crippen molar-refractivity contribution < 1.29 is 9.47 Å². The van der Waals surface area contributed by atoms with Gasteiger partial charge in [0.25, 0.3) is 0 Å². The zero-order chi connectivity index (χ0) is 22.5. The summed E-state index contributed by atoms with van der Waals surface area (Å²) in [4.78, 5) is 9.43. The van der Waals surface area contributed by atoms with Crippen LogP contribution in [0.25, 0.3) is 17.0 Å². The Bertz CT molecular complexity index is 1500. The lowest BCUT2D eigenvalue weighted by atomic mass is 9.84. The predicted octanol–water partition coefficient (Wildman–Crippen LogP) is 6.39. The fourth-order valence-electron chi connectivity index (χ4n) is 4.14. The third-order valence-corrected chi connectivity index (χ3v) is 6.22. The molecule has 3 heterocycles. The SMILES string of the molecule is COc1ccc2c(c1)Oc1ncn3nc(-c4ccc(Cl)cc4)nc3c1C2c1ccc(Cl)cc1. The summed E-state index contributed by atoms with van der Waals surface area (Å²) in [5, 5.41) is 5.98. The molecule has 0 aliphatic carbocycles. The number of nitrogens with zero attached hydrogens (tertiary/aromatic N) is 4. The second-order valence-electron chi connectivity index (χ2n) is 7.66. The quantitative estimate of drug-likeness (QED) is 0.297. The molecule has 8 heteroatoms. The van der Waals surface area contributed by atoms with E-state index in [4.69, 9.17) is 37.7 Å². The Labute approximate surface area is 199 Å². The van der Waals surface area contributed by atoms with Crippen LogP contribution in [-0.4, -0.2) is 26.7 Å². The largest absolute Gasteiger partial charge is 0.497 e. The van der Waals surface area contributed by atoms with Crippen molar-refractivity contribution in [2.24, 2.45) is 0 Å². The molecule has 162 valence electrons. The highest BCUT2D eigenvalue weighted by Crippen LogP contribution is 2.48. The Balaban J connectivity index is 1.59. The molecule has 6 nitrogen and oxygen atoms in total. The number of ether oxygens (including phenoxy) is 2. The minimum Gasteiger partial charge on any atom is -0.497 e. The van der Waals surface area contributed by atoms with Crippen LogP contribution in [0.2, 0.25) is 10.0 Å². The summed E-state index contributed by atoms with van der Waals surface area (Å²) in [5.74, 6) is 2.29. The second kappa shape index (κ2) is 7.76. The first-order valence-corrected chi connectivity index (χ1v) is 11.0. The smallest absolute Gasteiger partial charge is 0.228 e. The topological polar surface area (TPSA) is 61.5 Å². The van der Waals surface area contributed by atoms with E-state index in [9.17, 15) is 0 Å². The average Bonchev–Trinajstić information content (AvgIpc) is 3.28. The van der Waals surface area contributed by atoms with Gasteiger partial charge in [0.05, 0.1) is 12.7 Å². The molecule has 1 aliphatic heterocycles. The van der Waals surface area contributed by atoms with Crippen molar-refractivity contribution in [2.75, 3.05) is 7.11 Å². The van der Waals surface area contributed by atoms with Gasteiger partial charge in [0.1, 0.15) is 17.8 Å². The van der Waals surface area contributed by atoms with Gasteiger partial charge in [0, 0.05) is 33.2 Å². The Kier molecular flexibility index (Phi) is 4.71. The molecule has 0 N–H and O–H groups in total. The van der Waals surface area contributed by atoms with E-state index in [1.165, 1.54) is 0 Å². The fourth-order valence-corrected chi connectivity index (χ4v) is 4.40. The molecule has 0 fully saturated rings. The number of rotatable bonds is 3. The number of benzene rings is 3. The van der Waals surface area contributed by atoms with Gasteiger partial charge < -0.3 is 9.47 Å². The van der Waals surface area contributed by atoms with Gasteiger partial charge in [-0.05, 0) is 48.0 Å². The summed E-state index contributed by atoms with van der Waals surface area (Å²) in [5.41, 5.74) is 4.40. The molecule has 0 saturated carbocycles. The van der Waals surface area contributed by atoms with Crippen LogP contribution in [0.5, 0.6) is 17.4 Å². The van der Waals surface area contributed by atoms with Crippen LogP contribution in [0.3, 0.4) is 0 Å². The zero-order valence-corrected chi connectivity index (χ0v) is 18.9. The minimum atomic E-state index is -0.176. The number of hydrogen-bond donors (Lipinski definition) is 0. The monoisotopic (exact) mass is 474 g/mol. The molecular weight excluding hydrogens is 459 g/mol. The van der Waals surface area contributed by atoms with Crippen LogP contribution < -0.4 is 9.47 Å². The summed E-state index contributed by atoms with van der Waals surface area (Å²) in [6.07, 6.45) is 1.62. The zero-order valence-electron chi connectivity index (χ0n) is 17.4. The molecule has 1 atom stereocenters. The normalized spacial score (nSPS) is 14.5. The summed E-state index contributed by atoms with van der Waals surface area (Å²) < 4.78 is 13.3. The molecule has 5 aromatic rings. The van der Waals surface area contributed by atoms with Crippen LogP contribution in [0.4, 0.5) is 0 Å². The molecule has 6 rings (SSSR count). The van der Waals surface area contributed by atoms with Crippen LogP contribution in [0.1, 0.15) is 22.6 Å². The molecule has 0 radical (unpaired) electrons. The number of halogens is 2. The highest BCUT2D eigenvalue weighted by atomic mass is 35.5. The third kappa shape index (κ3) is 3.39. The maximum absolute atomic E-state index is 6.22. The summed E-state index contributed by atoms with van der Waals surface area (Å²) >= 11 is 12.2. The van der Waals surface area contributed by atoms with E-state index < -0.39 is 0 Å². The molecule has 0 amide bonds. The van der Waals surface area contributed by atoms with Crippen LogP contribution in [0.15, 0.2) is 73.1 Å². The highest BCUT2D eigenvalue weighted by Gasteiger charge is 2.33. The fraction of sp³-hybridized carbons (Fsp3) is 0.0800. The van der Waals surface area contributed by atoms with E-state index in [0.717, 1.165) is 22.3 Å². The first-order valence-electron chi connectivity index (χ1n) is 10.2. The van der Waals surface area contributed by atoms with E-state index in [2.05, 4.69) is 10.1 Å². The van der Waals surface area contributed by atoms with Gasteiger partial charge in [-0.3, -0.25) is 0 Å². The Morgan fingerprint density at radius 2 is 1.67 bits per heavy atom. The maximum atomic E-state index is 6.22. The van der Waals surface area contributed by atoms with Crippen LogP contribution in [0, 0.1) is 0 Å². The van der Waals surface area contributed by atoms with Crippen molar-refractivity contribution in [3.8, 4) is 28.8 Å². The predicted molar refractivity (Wildman–Crippen MR) is 127 cm³/mol. The Hall–Kier alpha value is -3.61. The molecular formula is C25H16Cl2N4O2. The summed E-state index contributed by atoms with van der Waals surface area (Å²) in [6.45, 7) is 0. The first kappa shape index (κ1) is 20.0. The van der Waals surface area contributed by atoms with E-state index in [0.29, 0.717) is 38.9 Å². The van der Waals surface area contributed by atoms with Crippen molar-refractivity contribution in [3.63, 3.8) is 0 Å². The van der Waals surface area contributed by atoms with E-state index in [-0.39, 0.29) is 5.92 Å². The van der Waals surface area contributed by atoms with Crippen molar-refractivity contribution in [1.82, 2.24) is 19.6 Å². The summed E-state index contributed by atoms with van der Waals surface area (Å²) in [7, 11) is 1.63. The van der Waals surface area contributed by atoms with Gasteiger partial charge in [-0.2, -0.15) is 0 Å². The number of aromatic nitrogens is 4. The molecule has 0 bridgehead atoms. The van der Waals surface area contributed by atoms with Crippen molar-refractivity contribution in [1.29, 1.82) is 0 Å². The third-order valence-electron chi connectivity index (χ3n) is 5.72. The molecule has 33 heavy (non-hydrogen) atoms. The molecule has 1 aliphatic rings. The Morgan fingerprint density at radius 3 is 2.39 bits per heavy atom. The molecule has 3 aromatic carbocycles. The first-order chi connectivity index (χ1) is 16.1.